The molecule has 3 rings (SSSR count). The van der Waals surface area contributed by atoms with Crippen molar-refractivity contribution in [2.45, 2.75) is 24.4 Å². The Bertz CT molecular complexity index is 881. The SMILES string of the molecule is [C-]#[N+]c1cccc(C(=O)Nc2ccc(C3(C(=O)OC)CC(F)C3)cc2)c1. The molecular formula is C20H17FN2O3. The topological polar surface area (TPSA) is 59.8 Å². The predicted molar refractivity (Wildman–Crippen MR) is 94.9 cm³/mol. The van der Waals surface area contributed by atoms with Crippen LogP contribution in [0.5, 0.6) is 0 Å². The first-order valence-electron chi connectivity index (χ1n) is 8.10. The molecule has 2 aromatic rings. The highest BCUT2D eigenvalue weighted by molar-refractivity contribution is 6.04. The smallest absolute Gasteiger partial charge is 0.316 e. The van der Waals surface area contributed by atoms with Gasteiger partial charge >= 0.3 is 5.97 Å². The van der Waals surface area contributed by atoms with Crippen molar-refractivity contribution in [3.8, 4) is 0 Å². The van der Waals surface area contributed by atoms with Crippen LogP contribution in [0.15, 0.2) is 48.5 Å². The lowest BCUT2D eigenvalue weighted by molar-refractivity contribution is -0.154. The van der Waals surface area contributed by atoms with Crippen molar-refractivity contribution in [2.24, 2.45) is 0 Å². The number of benzene rings is 2. The lowest BCUT2D eigenvalue weighted by Crippen LogP contribution is -2.49. The van der Waals surface area contributed by atoms with E-state index >= 15 is 0 Å². The average Bonchev–Trinajstić information content (AvgIpc) is 2.65. The van der Waals surface area contributed by atoms with Gasteiger partial charge in [-0.05, 0) is 36.6 Å². The van der Waals surface area contributed by atoms with Gasteiger partial charge in [0.05, 0.1) is 19.1 Å². The summed E-state index contributed by atoms with van der Waals surface area (Å²) in [6.45, 7) is 7.00. The highest BCUT2D eigenvalue weighted by Crippen LogP contribution is 2.46. The number of anilines is 1. The van der Waals surface area contributed by atoms with Crippen molar-refractivity contribution in [1.82, 2.24) is 0 Å². The van der Waals surface area contributed by atoms with E-state index in [1.807, 2.05) is 0 Å². The Balaban J connectivity index is 1.76. The van der Waals surface area contributed by atoms with E-state index in [0.29, 0.717) is 22.5 Å². The first kappa shape index (κ1) is 17.6. The number of methoxy groups -OCH3 is 1. The van der Waals surface area contributed by atoms with Gasteiger partial charge in [0.2, 0.25) is 0 Å². The second-order valence-electron chi connectivity index (χ2n) is 6.27. The lowest BCUT2D eigenvalue weighted by Gasteiger charge is -2.41. The molecule has 0 saturated heterocycles. The Hall–Kier alpha value is -3.20. The van der Waals surface area contributed by atoms with Gasteiger partial charge in [0.1, 0.15) is 6.17 Å². The number of halogens is 1. The largest absolute Gasteiger partial charge is 0.468 e. The average molecular weight is 352 g/mol. The number of nitrogens with zero attached hydrogens (tertiary/aromatic N) is 1. The maximum atomic E-state index is 13.4. The Kier molecular flexibility index (Phi) is 4.72. The van der Waals surface area contributed by atoms with Crippen molar-refractivity contribution in [3.63, 3.8) is 0 Å². The molecule has 5 nitrogen and oxygen atoms in total. The van der Waals surface area contributed by atoms with Crippen LogP contribution in [-0.2, 0) is 14.9 Å². The minimum atomic E-state index is -1.01. The van der Waals surface area contributed by atoms with Gasteiger partial charge in [0, 0.05) is 11.3 Å². The molecular weight excluding hydrogens is 335 g/mol. The first-order chi connectivity index (χ1) is 12.5. The number of carbonyl (C=O) groups is 2. The van der Waals surface area contributed by atoms with Crippen molar-refractivity contribution in [2.75, 3.05) is 12.4 Å². The number of hydrogen-bond acceptors (Lipinski definition) is 3. The summed E-state index contributed by atoms with van der Waals surface area (Å²) in [7, 11) is 1.29. The van der Waals surface area contributed by atoms with Gasteiger partial charge in [-0.15, -0.1) is 0 Å². The van der Waals surface area contributed by atoms with Crippen LogP contribution in [0.1, 0.15) is 28.8 Å². The summed E-state index contributed by atoms with van der Waals surface area (Å²) in [6.07, 6.45) is -0.799. The van der Waals surface area contributed by atoms with E-state index in [9.17, 15) is 14.0 Å². The fourth-order valence-corrected chi connectivity index (χ4v) is 3.20. The maximum Gasteiger partial charge on any atom is 0.316 e. The van der Waals surface area contributed by atoms with E-state index in [-0.39, 0.29) is 18.7 Å². The normalized spacial score (nSPS) is 21.2. The minimum Gasteiger partial charge on any atom is -0.468 e. The summed E-state index contributed by atoms with van der Waals surface area (Å²) in [5.41, 5.74) is 1.04. The molecule has 2 aromatic carbocycles. The van der Waals surface area contributed by atoms with E-state index in [4.69, 9.17) is 11.3 Å². The quantitative estimate of drug-likeness (QED) is 0.667. The molecule has 0 heterocycles. The number of esters is 1. The van der Waals surface area contributed by atoms with Gasteiger partial charge in [0.25, 0.3) is 5.91 Å². The van der Waals surface area contributed by atoms with Crippen molar-refractivity contribution in [3.05, 3.63) is 71.1 Å². The summed E-state index contributed by atoms with van der Waals surface area (Å²) < 4.78 is 18.2. The Morgan fingerprint density at radius 2 is 1.92 bits per heavy atom. The van der Waals surface area contributed by atoms with E-state index in [1.54, 1.807) is 42.5 Å². The highest BCUT2D eigenvalue weighted by Gasteiger charge is 2.52. The van der Waals surface area contributed by atoms with Crippen LogP contribution in [0.25, 0.3) is 4.85 Å². The molecule has 26 heavy (non-hydrogen) atoms. The molecule has 0 spiro atoms. The molecule has 1 saturated carbocycles. The van der Waals surface area contributed by atoms with Gasteiger partial charge in [-0.1, -0.05) is 30.3 Å². The number of rotatable bonds is 4. The van der Waals surface area contributed by atoms with Crippen LogP contribution in [0.2, 0.25) is 0 Å². The molecule has 0 bridgehead atoms. The van der Waals surface area contributed by atoms with Crippen LogP contribution in [0.4, 0.5) is 15.8 Å². The third kappa shape index (κ3) is 3.16. The zero-order valence-corrected chi connectivity index (χ0v) is 14.2. The molecule has 0 aliphatic heterocycles. The maximum absolute atomic E-state index is 13.4. The molecule has 6 heteroatoms. The zero-order valence-electron chi connectivity index (χ0n) is 14.2. The van der Waals surface area contributed by atoms with Crippen molar-refractivity contribution >= 4 is 23.3 Å². The van der Waals surface area contributed by atoms with Gasteiger partial charge in [0.15, 0.2) is 5.69 Å². The molecule has 0 atom stereocenters. The van der Waals surface area contributed by atoms with Crippen LogP contribution >= 0.6 is 0 Å². The summed E-state index contributed by atoms with van der Waals surface area (Å²) in [5, 5.41) is 2.74. The van der Waals surface area contributed by atoms with Crippen LogP contribution in [0, 0.1) is 6.57 Å². The molecule has 0 radical (unpaired) electrons. The third-order valence-electron chi connectivity index (χ3n) is 4.65. The molecule has 1 aliphatic rings. The Morgan fingerprint density at radius 1 is 1.23 bits per heavy atom. The molecule has 1 N–H and O–H groups in total. The Labute approximate surface area is 150 Å². The van der Waals surface area contributed by atoms with E-state index in [1.165, 1.54) is 13.2 Å². The zero-order chi connectivity index (χ0) is 18.7. The van der Waals surface area contributed by atoms with Crippen molar-refractivity contribution in [1.29, 1.82) is 0 Å². The summed E-state index contributed by atoms with van der Waals surface area (Å²) in [5.74, 6) is -0.780. The van der Waals surface area contributed by atoms with Gasteiger partial charge < -0.3 is 10.1 Å². The number of nitrogens with one attached hydrogen (secondary N) is 1. The molecule has 1 aliphatic carbocycles. The predicted octanol–water partition coefficient (Wildman–Crippen LogP) is 4.03. The Morgan fingerprint density at radius 3 is 2.50 bits per heavy atom. The fourth-order valence-electron chi connectivity index (χ4n) is 3.20. The minimum absolute atomic E-state index is 0.106. The first-order valence-corrected chi connectivity index (χ1v) is 8.10. The van der Waals surface area contributed by atoms with Crippen LogP contribution < -0.4 is 5.32 Å². The van der Waals surface area contributed by atoms with Gasteiger partial charge in [-0.3, -0.25) is 9.59 Å². The summed E-state index contributed by atoms with van der Waals surface area (Å²) in [6, 6.07) is 13.2. The number of ether oxygens (including phenoxy) is 1. The molecule has 1 amide bonds. The number of alkyl halides is 1. The van der Waals surface area contributed by atoms with Gasteiger partial charge in [-0.2, -0.15) is 0 Å². The number of amides is 1. The highest BCUT2D eigenvalue weighted by atomic mass is 19.1. The number of hydrogen-bond donors (Lipinski definition) is 1. The van der Waals surface area contributed by atoms with E-state index < -0.39 is 17.6 Å². The standard InChI is InChI=1S/C20H17FN2O3/c1-22-17-5-3-4-13(10-17)18(24)23-16-8-6-14(7-9-16)20(19(25)26-2)11-15(21)12-20/h3-10,15H,11-12H2,2H3,(H,23,24). The number of carbonyl (C=O) groups excluding carboxylic acids is 2. The monoisotopic (exact) mass is 352 g/mol. The summed E-state index contributed by atoms with van der Waals surface area (Å²) >= 11 is 0. The lowest BCUT2D eigenvalue weighted by atomic mass is 9.63. The molecule has 0 unspecified atom stereocenters. The van der Waals surface area contributed by atoms with Gasteiger partial charge in [-0.25, -0.2) is 9.24 Å². The van der Waals surface area contributed by atoms with Crippen molar-refractivity contribution < 1.29 is 18.7 Å². The van der Waals surface area contributed by atoms with E-state index in [2.05, 4.69) is 10.2 Å². The summed E-state index contributed by atoms with van der Waals surface area (Å²) in [4.78, 5) is 27.7. The molecule has 0 aromatic heterocycles. The fraction of sp³-hybridized carbons (Fsp3) is 0.250. The second-order valence-corrected chi connectivity index (χ2v) is 6.27. The third-order valence-corrected chi connectivity index (χ3v) is 4.65. The van der Waals surface area contributed by atoms with Crippen LogP contribution in [0.3, 0.4) is 0 Å². The van der Waals surface area contributed by atoms with Crippen LogP contribution in [-0.4, -0.2) is 25.2 Å². The molecule has 1 fully saturated rings. The van der Waals surface area contributed by atoms with E-state index in [0.717, 1.165) is 0 Å². The molecule has 132 valence electrons. The second kappa shape index (κ2) is 6.96.